The van der Waals surface area contributed by atoms with Crippen molar-refractivity contribution >= 4 is 11.4 Å². The summed E-state index contributed by atoms with van der Waals surface area (Å²) in [4.78, 5) is 2.46. The number of hydrogen-bond acceptors (Lipinski definition) is 1. The fourth-order valence-corrected chi connectivity index (χ4v) is 2.77. The van der Waals surface area contributed by atoms with Crippen LogP contribution >= 0.6 is 0 Å². The molecule has 17 heavy (non-hydrogen) atoms. The fourth-order valence-electron chi connectivity index (χ4n) is 2.77. The second-order valence-corrected chi connectivity index (χ2v) is 4.84. The summed E-state index contributed by atoms with van der Waals surface area (Å²) < 4.78 is 0. The van der Waals surface area contributed by atoms with E-state index < -0.39 is 0 Å². The molecule has 0 saturated carbocycles. The number of anilines is 2. The van der Waals surface area contributed by atoms with Gasteiger partial charge in [0.2, 0.25) is 0 Å². The topological polar surface area (TPSA) is 3.24 Å². The summed E-state index contributed by atoms with van der Waals surface area (Å²) in [5, 5.41) is 0. The van der Waals surface area contributed by atoms with E-state index in [4.69, 9.17) is 0 Å². The molecular weight excluding hydrogens is 206 g/mol. The van der Waals surface area contributed by atoms with Crippen LogP contribution in [-0.2, 0) is 6.42 Å². The van der Waals surface area contributed by atoms with Crippen LogP contribution in [0.25, 0.3) is 0 Å². The van der Waals surface area contributed by atoms with E-state index in [2.05, 4.69) is 67.3 Å². The molecule has 1 atom stereocenters. The molecule has 1 aliphatic heterocycles. The van der Waals surface area contributed by atoms with E-state index in [1.54, 1.807) is 0 Å². The molecule has 0 aromatic heterocycles. The Morgan fingerprint density at radius 2 is 1.59 bits per heavy atom. The van der Waals surface area contributed by atoms with Crippen molar-refractivity contribution in [2.45, 2.75) is 26.3 Å². The van der Waals surface area contributed by atoms with Crippen LogP contribution in [0.5, 0.6) is 0 Å². The van der Waals surface area contributed by atoms with Crippen molar-refractivity contribution in [1.29, 1.82) is 0 Å². The van der Waals surface area contributed by atoms with Crippen molar-refractivity contribution in [3.63, 3.8) is 0 Å². The van der Waals surface area contributed by atoms with Gasteiger partial charge in [0.25, 0.3) is 0 Å². The van der Waals surface area contributed by atoms with Gasteiger partial charge in [-0.25, -0.2) is 0 Å². The maximum Gasteiger partial charge on any atom is 0.0446 e. The summed E-state index contributed by atoms with van der Waals surface area (Å²) in [6.07, 6.45) is 1.14. The molecule has 1 heterocycles. The van der Waals surface area contributed by atoms with Crippen LogP contribution in [0, 0.1) is 6.92 Å². The van der Waals surface area contributed by atoms with Crippen LogP contribution < -0.4 is 4.90 Å². The Balaban J connectivity index is 2.13. The van der Waals surface area contributed by atoms with E-state index in [1.807, 2.05) is 0 Å². The highest BCUT2D eigenvalue weighted by atomic mass is 15.2. The van der Waals surface area contributed by atoms with Gasteiger partial charge in [-0.1, -0.05) is 36.4 Å². The minimum atomic E-state index is 0.550. The molecule has 1 heteroatoms. The molecule has 0 radical (unpaired) electrons. The van der Waals surface area contributed by atoms with E-state index in [-0.39, 0.29) is 0 Å². The maximum absolute atomic E-state index is 2.46. The van der Waals surface area contributed by atoms with E-state index in [0.717, 1.165) is 6.42 Å². The van der Waals surface area contributed by atoms with Gasteiger partial charge in [0.15, 0.2) is 0 Å². The molecule has 0 amide bonds. The summed E-state index contributed by atoms with van der Waals surface area (Å²) in [5.74, 6) is 0. The Morgan fingerprint density at radius 3 is 2.35 bits per heavy atom. The molecular formula is C16H17N. The van der Waals surface area contributed by atoms with Gasteiger partial charge < -0.3 is 4.90 Å². The maximum atomic E-state index is 2.46. The lowest BCUT2D eigenvalue weighted by molar-refractivity contribution is 0.757. The number of aryl methyl sites for hydroxylation is 1. The highest BCUT2D eigenvalue weighted by Crippen LogP contribution is 2.39. The normalized spacial score (nSPS) is 18.2. The standard InChI is InChI=1S/C16H17N/c1-12-7-3-5-9-15(12)17-13(2)11-14-8-4-6-10-16(14)17/h3-10,13H,11H2,1-2H3/t13-/m0/s1. The van der Waals surface area contributed by atoms with Crippen molar-refractivity contribution < 1.29 is 0 Å². The zero-order valence-corrected chi connectivity index (χ0v) is 10.4. The van der Waals surface area contributed by atoms with Gasteiger partial charge in [0, 0.05) is 17.4 Å². The van der Waals surface area contributed by atoms with Crippen LogP contribution in [0.3, 0.4) is 0 Å². The summed E-state index contributed by atoms with van der Waals surface area (Å²) in [7, 11) is 0. The number of hydrogen-bond donors (Lipinski definition) is 0. The Labute approximate surface area is 103 Å². The van der Waals surface area contributed by atoms with E-state index in [1.165, 1.54) is 22.5 Å². The van der Waals surface area contributed by atoms with Crippen molar-refractivity contribution in [2.75, 3.05) is 4.90 Å². The Morgan fingerprint density at radius 1 is 0.941 bits per heavy atom. The van der Waals surface area contributed by atoms with Crippen molar-refractivity contribution in [2.24, 2.45) is 0 Å². The molecule has 3 rings (SSSR count). The van der Waals surface area contributed by atoms with E-state index >= 15 is 0 Å². The first-order valence-corrected chi connectivity index (χ1v) is 6.20. The molecule has 0 saturated heterocycles. The fraction of sp³-hybridized carbons (Fsp3) is 0.250. The quantitative estimate of drug-likeness (QED) is 0.704. The number of benzene rings is 2. The average Bonchev–Trinajstić information content (AvgIpc) is 2.66. The first-order chi connectivity index (χ1) is 8.27. The summed E-state index contributed by atoms with van der Waals surface area (Å²) in [6.45, 7) is 4.48. The molecule has 0 spiro atoms. The molecule has 1 nitrogen and oxygen atoms in total. The molecule has 0 unspecified atom stereocenters. The SMILES string of the molecule is Cc1ccccc1N1c2ccccc2C[C@@H]1C. The third-order valence-corrected chi connectivity index (χ3v) is 3.58. The van der Waals surface area contributed by atoms with Crippen molar-refractivity contribution in [3.8, 4) is 0 Å². The smallest absolute Gasteiger partial charge is 0.0446 e. The number of para-hydroxylation sites is 2. The lowest BCUT2D eigenvalue weighted by Gasteiger charge is -2.26. The first kappa shape index (κ1) is 10.4. The van der Waals surface area contributed by atoms with Crippen LogP contribution in [0.15, 0.2) is 48.5 Å². The van der Waals surface area contributed by atoms with Gasteiger partial charge in [-0.2, -0.15) is 0 Å². The lowest BCUT2D eigenvalue weighted by atomic mass is 10.1. The highest BCUT2D eigenvalue weighted by Gasteiger charge is 2.27. The number of nitrogens with zero attached hydrogens (tertiary/aromatic N) is 1. The van der Waals surface area contributed by atoms with Gasteiger partial charge in [-0.15, -0.1) is 0 Å². The summed E-state index contributed by atoms with van der Waals surface area (Å²) in [6, 6.07) is 17.9. The third kappa shape index (κ3) is 1.62. The molecule has 0 N–H and O–H groups in total. The molecule has 1 aliphatic rings. The van der Waals surface area contributed by atoms with Gasteiger partial charge in [-0.3, -0.25) is 0 Å². The van der Waals surface area contributed by atoms with E-state index in [9.17, 15) is 0 Å². The van der Waals surface area contributed by atoms with Crippen LogP contribution in [0.1, 0.15) is 18.1 Å². The zero-order valence-electron chi connectivity index (χ0n) is 10.4. The van der Waals surface area contributed by atoms with Crippen LogP contribution in [0.4, 0.5) is 11.4 Å². The molecule has 86 valence electrons. The summed E-state index contributed by atoms with van der Waals surface area (Å²) in [5.41, 5.74) is 5.51. The predicted molar refractivity (Wildman–Crippen MR) is 72.9 cm³/mol. The number of rotatable bonds is 1. The third-order valence-electron chi connectivity index (χ3n) is 3.58. The lowest BCUT2D eigenvalue weighted by Crippen LogP contribution is -2.24. The van der Waals surface area contributed by atoms with Gasteiger partial charge in [0.1, 0.15) is 0 Å². The van der Waals surface area contributed by atoms with Crippen molar-refractivity contribution in [3.05, 3.63) is 59.7 Å². The minimum absolute atomic E-state index is 0.550. The minimum Gasteiger partial charge on any atom is -0.338 e. The van der Waals surface area contributed by atoms with Crippen LogP contribution in [-0.4, -0.2) is 6.04 Å². The Hall–Kier alpha value is -1.76. The van der Waals surface area contributed by atoms with Gasteiger partial charge in [0.05, 0.1) is 0 Å². The average molecular weight is 223 g/mol. The Kier molecular flexibility index (Phi) is 2.40. The van der Waals surface area contributed by atoms with E-state index in [0.29, 0.717) is 6.04 Å². The first-order valence-electron chi connectivity index (χ1n) is 6.20. The zero-order chi connectivity index (χ0) is 11.8. The van der Waals surface area contributed by atoms with Crippen LogP contribution in [0.2, 0.25) is 0 Å². The molecule has 2 aromatic carbocycles. The molecule has 2 aromatic rings. The van der Waals surface area contributed by atoms with Gasteiger partial charge in [-0.05, 0) is 43.5 Å². The molecule has 0 bridgehead atoms. The highest BCUT2D eigenvalue weighted by molar-refractivity contribution is 5.72. The van der Waals surface area contributed by atoms with Gasteiger partial charge >= 0.3 is 0 Å². The molecule has 0 fully saturated rings. The molecule has 0 aliphatic carbocycles. The second kappa shape index (κ2) is 3.92. The number of fused-ring (bicyclic) bond motifs is 1. The largest absolute Gasteiger partial charge is 0.338 e. The second-order valence-electron chi connectivity index (χ2n) is 4.84. The van der Waals surface area contributed by atoms with Crippen molar-refractivity contribution in [1.82, 2.24) is 0 Å². The predicted octanol–water partition coefficient (Wildman–Crippen LogP) is 4.08. The summed E-state index contributed by atoms with van der Waals surface area (Å²) >= 11 is 0. The Bertz CT molecular complexity index is 545. The monoisotopic (exact) mass is 223 g/mol.